The van der Waals surface area contributed by atoms with Crippen LogP contribution < -0.4 is 5.32 Å². The third kappa shape index (κ3) is 1.34. The molecule has 16 heavy (non-hydrogen) atoms. The largest absolute Gasteiger partial charge is 0.481 e. The second-order valence-corrected chi connectivity index (χ2v) is 6.57. The topological polar surface area (TPSA) is 101 Å². The van der Waals surface area contributed by atoms with Gasteiger partial charge in [-0.15, -0.1) is 0 Å². The van der Waals surface area contributed by atoms with Crippen LogP contribution in [-0.2, 0) is 19.4 Å². The molecule has 1 amide bonds. The van der Waals surface area contributed by atoms with E-state index in [9.17, 15) is 18.0 Å². The van der Waals surface area contributed by atoms with E-state index in [0.29, 0.717) is 6.42 Å². The lowest BCUT2D eigenvalue weighted by atomic mass is 9.63. The van der Waals surface area contributed by atoms with Crippen molar-refractivity contribution in [2.75, 3.05) is 12.8 Å². The van der Waals surface area contributed by atoms with Crippen molar-refractivity contribution in [2.45, 2.75) is 11.7 Å². The monoisotopic (exact) mass is 247 g/mol. The summed E-state index contributed by atoms with van der Waals surface area (Å²) in [5, 5.41) is 10.5. The van der Waals surface area contributed by atoms with Gasteiger partial charge in [0.15, 0.2) is 9.84 Å². The smallest absolute Gasteiger partial charge is 0.307 e. The quantitative estimate of drug-likeness (QED) is 0.643. The Morgan fingerprint density at radius 3 is 2.44 bits per heavy atom. The molecule has 2 fully saturated rings. The molecule has 7 heteroatoms. The Balaban J connectivity index is 2.33. The lowest BCUT2D eigenvalue weighted by Crippen LogP contribution is -2.59. The first-order chi connectivity index (χ1) is 7.40. The van der Waals surface area contributed by atoms with Crippen molar-refractivity contribution in [1.82, 2.24) is 5.32 Å². The van der Waals surface area contributed by atoms with Crippen LogP contribution >= 0.6 is 0 Å². The summed E-state index contributed by atoms with van der Waals surface area (Å²) >= 11 is 0. The Morgan fingerprint density at radius 2 is 1.94 bits per heavy atom. The summed E-state index contributed by atoms with van der Waals surface area (Å²) in [6.07, 6.45) is 0.359. The number of carbonyl (C=O) groups excluding carboxylic acids is 1. The predicted octanol–water partition coefficient (Wildman–Crippen LogP) is -1.13. The average molecular weight is 247 g/mol. The van der Waals surface area contributed by atoms with Crippen LogP contribution in [0.4, 0.5) is 0 Å². The van der Waals surface area contributed by atoms with E-state index in [-0.39, 0.29) is 11.7 Å². The maximum Gasteiger partial charge on any atom is 0.307 e. The summed E-state index contributed by atoms with van der Waals surface area (Å²) in [7, 11) is -1.90. The standard InChI is InChI=1S/C9H13NO5S/c1-10-8(11)6-5(9(12)13)4-2-3-16(14,15)7(4)6/h4-7H,2-3H2,1H3,(H,10,11)(H,12,13)/t4-,5?,6?,7-/m1/s1. The van der Waals surface area contributed by atoms with Crippen LogP contribution in [0, 0.1) is 17.8 Å². The fourth-order valence-corrected chi connectivity index (χ4v) is 5.33. The molecule has 2 rings (SSSR count). The number of nitrogens with one attached hydrogen (secondary N) is 1. The summed E-state index contributed by atoms with van der Waals surface area (Å²) in [6, 6.07) is 0. The second-order valence-electron chi connectivity index (χ2n) is 4.29. The fraction of sp³-hybridized carbons (Fsp3) is 0.778. The molecule has 2 N–H and O–H groups in total. The van der Waals surface area contributed by atoms with E-state index in [1.165, 1.54) is 7.05 Å². The molecule has 1 saturated heterocycles. The van der Waals surface area contributed by atoms with Crippen LogP contribution in [0.1, 0.15) is 6.42 Å². The molecule has 1 heterocycles. The molecule has 0 spiro atoms. The highest BCUT2D eigenvalue weighted by molar-refractivity contribution is 7.92. The van der Waals surface area contributed by atoms with Crippen molar-refractivity contribution in [3.63, 3.8) is 0 Å². The molecule has 1 aliphatic carbocycles. The zero-order valence-corrected chi connectivity index (χ0v) is 9.53. The van der Waals surface area contributed by atoms with Gasteiger partial charge in [-0.25, -0.2) is 8.42 Å². The van der Waals surface area contributed by atoms with Crippen LogP contribution in [0.3, 0.4) is 0 Å². The lowest BCUT2D eigenvalue weighted by molar-refractivity contribution is -0.156. The molecular weight excluding hydrogens is 234 g/mol. The van der Waals surface area contributed by atoms with Gasteiger partial charge in [-0.3, -0.25) is 9.59 Å². The zero-order chi connectivity index (χ0) is 12.1. The first-order valence-corrected chi connectivity index (χ1v) is 6.77. The number of amides is 1. The number of carbonyl (C=O) groups is 2. The molecule has 0 aromatic rings. The number of hydrogen-bond acceptors (Lipinski definition) is 4. The zero-order valence-electron chi connectivity index (χ0n) is 8.71. The summed E-state index contributed by atoms with van der Waals surface area (Å²) < 4.78 is 23.3. The molecule has 0 bridgehead atoms. The van der Waals surface area contributed by atoms with Gasteiger partial charge >= 0.3 is 5.97 Å². The van der Waals surface area contributed by atoms with Gasteiger partial charge in [0.1, 0.15) is 0 Å². The van der Waals surface area contributed by atoms with Crippen molar-refractivity contribution in [2.24, 2.45) is 17.8 Å². The van der Waals surface area contributed by atoms with Crippen LogP contribution in [-0.4, -0.2) is 43.5 Å². The molecule has 4 atom stereocenters. The highest BCUT2D eigenvalue weighted by Gasteiger charge is 2.65. The van der Waals surface area contributed by atoms with Crippen molar-refractivity contribution in [3.8, 4) is 0 Å². The predicted molar refractivity (Wildman–Crippen MR) is 54.4 cm³/mol. The van der Waals surface area contributed by atoms with Gasteiger partial charge < -0.3 is 10.4 Å². The Bertz CT molecular complexity index is 443. The SMILES string of the molecule is CNC(=O)C1C(C(=O)O)[C@H]2CCS(=O)(=O)[C@@H]12. The maximum absolute atomic E-state index is 11.6. The van der Waals surface area contributed by atoms with Crippen molar-refractivity contribution in [3.05, 3.63) is 0 Å². The molecule has 0 aromatic heterocycles. The Morgan fingerprint density at radius 1 is 1.31 bits per heavy atom. The molecule has 1 aliphatic heterocycles. The number of hydrogen-bond donors (Lipinski definition) is 2. The van der Waals surface area contributed by atoms with Gasteiger partial charge in [-0.1, -0.05) is 0 Å². The van der Waals surface area contributed by atoms with E-state index < -0.39 is 38.8 Å². The number of fused-ring (bicyclic) bond motifs is 1. The Labute approximate surface area is 92.9 Å². The number of carboxylic acid groups (broad SMARTS) is 1. The van der Waals surface area contributed by atoms with Crippen molar-refractivity contribution in [1.29, 1.82) is 0 Å². The number of sulfone groups is 1. The van der Waals surface area contributed by atoms with Gasteiger partial charge in [0.25, 0.3) is 0 Å². The number of aliphatic carboxylic acids is 1. The molecule has 1 saturated carbocycles. The molecule has 2 unspecified atom stereocenters. The van der Waals surface area contributed by atoms with Crippen LogP contribution in [0.15, 0.2) is 0 Å². The van der Waals surface area contributed by atoms with Gasteiger partial charge in [0, 0.05) is 7.05 Å². The van der Waals surface area contributed by atoms with E-state index in [1.54, 1.807) is 0 Å². The van der Waals surface area contributed by atoms with E-state index >= 15 is 0 Å². The van der Waals surface area contributed by atoms with Gasteiger partial charge in [0.2, 0.25) is 5.91 Å². The minimum Gasteiger partial charge on any atom is -0.481 e. The number of carboxylic acids is 1. The highest BCUT2D eigenvalue weighted by Crippen LogP contribution is 2.51. The first-order valence-electron chi connectivity index (χ1n) is 5.06. The third-order valence-corrected chi connectivity index (χ3v) is 5.89. The van der Waals surface area contributed by atoms with Crippen LogP contribution in [0.2, 0.25) is 0 Å². The highest BCUT2D eigenvalue weighted by atomic mass is 32.2. The van der Waals surface area contributed by atoms with Crippen LogP contribution in [0.25, 0.3) is 0 Å². The molecule has 6 nitrogen and oxygen atoms in total. The van der Waals surface area contributed by atoms with E-state index in [1.807, 2.05) is 0 Å². The number of rotatable bonds is 2. The van der Waals surface area contributed by atoms with E-state index in [0.717, 1.165) is 0 Å². The summed E-state index contributed by atoms with van der Waals surface area (Å²) in [5.74, 6) is -3.71. The molecule has 0 radical (unpaired) electrons. The van der Waals surface area contributed by atoms with Gasteiger partial charge in [0.05, 0.1) is 22.8 Å². The van der Waals surface area contributed by atoms with Crippen molar-refractivity contribution >= 4 is 21.7 Å². The lowest BCUT2D eigenvalue weighted by Gasteiger charge is -2.43. The maximum atomic E-state index is 11.6. The minimum absolute atomic E-state index is 0.000389. The van der Waals surface area contributed by atoms with Gasteiger partial charge in [-0.2, -0.15) is 0 Å². The summed E-state index contributed by atoms with van der Waals surface area (Å²) in [6.45, 7) is 0. The average Bonchev–Trinajstić information content (AvgIpc) is 2.36. The second kappa shape index (κ2) is 3.44. The Kier molecular flexibility index (Phi) is 2.45. The summed E-state index contributed by atoms with van der Waals surface area (Å²) in [5.41, 5.74) is 0. The third-order valence-electron chi connectivity index (χ3n) is 3.61. The molecular formula is C9H13NO5S. The normalized spacial score (nSPS) is 39.6. The van der Waals surface area contributed by atoms with Gasteiger partial charge in [-0.05, 0) is 12.3 Å². The van der Waals surface area contributed by atoms with Crippen molar-refractivity contribution < 1.29 is 23.1 Å². The molecule has 90 valence electrons. The van der Waals surface area contributed by atoms with E-state index in [4.69, 9.17) is 5.11 Å². The van der Waals surface area contributed by atoms with E-state index in [2.05, 4.69) is 5.32 Å². The Hall–Kier alpha value is -1.11. The molecule has 2 aliphatic rings. The minimum atomic E-state index is -3.28. The fourth-order valence-electron chi connectivity index (χ4n) is 2.88. The summed E-state index contributed by atoms with van der Waals surface area (Å²) in [4.78, 5) is 22.5. The van der Waals surface area contributed by atoms with Crippen LogP contribution in [0.5, 0.6) is 0 Å². The molecule has 0 aromatic carbocycles. The first kappa shape index (κ1) is 11.4.